The van der Waals surface area contributed by atoms with E-state index in [1.54, 1.807) is 0 Å². The highest BCUT2D eigenvalue weighted by Crippen LogP contribution is 2.42. The van der Waals surface area contributed by atoms with Gasteiger partial charge in [-0.15, -0.1) is 0 Å². The first-order valence-corrected chi connectivity index (χ1v) is 6.73. The predicted molar refractivity (Wildman–Crippen MR) is 68.8 cm³/mol. The molecule has 0 heterocycles. The smallest absolute Gasteiger partial charge is 0.0570 e. The lowest BCUT2D eigenvalue weighted by atomic mass is 9.87. The Hall–Kier alpha value is -0.860. The van der Waals surface area contributed by atoms with E-state index in [1.807, 2.05) is 0 Å². The third kappa shape index (κ3) is 2.53. The second-order valence-corrected chi connectivity index (χ2v) is 5.71. The molecular weight excluding hydrogens is 210 g/mol. The zero-order valence-corrected chi connectivity index (χ0v) is 10.4. The number of aliphatic hydroxyl groups excluding tert-OH is 1. The summed E-state index contributed by atoms with van der Waals surface area (Å²) in [4.78, 5) is 0. The van der Waals surface area contributed by atoms with Crippen LogP contribution < -0.4 is 5.32 Å². The second-order valence-electron chi connectivity index (χ2n) is 5.71. The van der Waals surface area contributed by atoms with Gasteiger partial charge in [0.25, 0.3) is 0 Å². The maximum atomic E-state index is 9.35. The van der Waals surface area contributed by atoms with E-state index in [2.05, 4.69) is 36.5 Å². The molecule has 0 spiro atoms. The van der Waals surface area contributed by atoms with Crippen molar-refractivity contribution < 1.29 is 5.11 Å². The van der Waals surface area contributed by atoms with Gasteiger partial charge in [0, 0.05) is 12.1 Å². The van der Waals surface area contributed by atoms with Gasteiger partial charge in [-0.25, -0.2) is 0 Å². The molecule has 2 saturated carbocycles. The van der Waals surface area contributed by atoms with Crippen LogP contribution in [0.25, 0.3) is 0 Å². The van der Waals surface area contributed by atoms with Gasteiger partial charge in [-0.1, -0.05) is 29.8 Å². The lowest BCUT2D eigenvalue weighted by Crippen LogP contribution is -2.46. The average Bonchev–Trinajstić information content (AvgIpc) is 3.08. The van der Waals surface area contributed by atoms with E-state index in [1.165, 1.54) is 24.0 Å². The van der Waals surface area contributed by atoms with Crippen LogP contribution in [0.3, 0.4) is 0 Å². The third-order valence-electron chi connectivity index (χ3n) is 4.06. The molecule has 0 amide bonds. The fraction of sp³-hybridized carbons (Fsp3) is 0.600. The van der Waals surface area contributed by atoms with Gasteiger partial charge in [0.2, 0.25) is 0 Å². The van der Waals surface area contributed by atoms with Gasteiger partial charge in [-0.3, -0.25) is 0 Å². The van der Waals surface area contributed by atoms with E-state index in [9.17, 15) is 5.11 Å². The van der Waals surface area contributed by atoms with Crippen LogP contribution in [0.2, 0.25) is 0 Å². The van der Waals surface area contributed by atoms with Gasteiger partial charge >= 0.3 is 0 Å². The van der Waals surface area contributed by atoms with E-state index in [0.29, 0.717) is 12.1 Å². The molecule has 0 aliphatic heterocycles. The van der Waals surface area contributed by atoms with Crippen molar-refractivity contribution in [2.45, 2.75) is 50.8 Å². The molecule has 0 saturated heterocycles. The second kappa shape index (κ2) is 4.43. The van der Waals surface area contributed by atoms with Crippen molar-refractivity contribution in [3.63, 3.8) is 0 Å². The molecule has 2 N–H and O–H groups in total. The molecule has 1 aromatic rings. The Bertz CT molecular complexity index is 376. The Morgan fingerprint density at radius 2 is 1.82 bits per heavy atom. The Kier molecular flexibility index (Phi) is 2.93. The van der Waals surface area contributed by atoms with Crippen molar-refractivity contribution in [1.82, 2.24) is 5.32 Å². The van der Waals surface area contributed by atoms with Crippen LogP contribution in [-0.2, 0) is 0 Å². The maximum absolute atomic E-state index is 9.35. The number of rotatable bonds is 4. The van der Waals surface area contributed by atoms with Crippen LogP contribution in [0.15, 0.2) is 24.3 Å². The number of aliphatic hydroxyl groups is 1. The number of aryl methyl sites for hydroxylation is 1. The van der Waals surface area contributed by atoms with Gasteiger partial charge < -0.3 is 10.4 Å². The van der Waals surface area contributed by atoms with Gasteiger partial charge in [-0.05, 0) is 44.1 Å². The largest absolute Gasteiger partial charge is 0.393 e. The molecule has 1 aromatic carbocycles. The van der Waals surface area contributed by atoms with Gasteiger partial charge in [-0.2, -0.15) is 0 Å². The summed E-state index contributed by atoms with van der Waals surface area (Å²) >= 11 is 0. The minimum Gasteiger partial charge on any atom is -0.393 e. The summed E-state index contributed by atoms with van der Waals surface area (Å²) < 4.78 is 0. The van der Waals surface area contributed by atoms with Crippen molar-refractivity contribution in [3.8, 4) is 0 Å². The Balaban J connectivity index is 1.69. The number of hydrogen-bond donors (Lipinski definition) is 2. The van der Waals surface area contributed by atoms with Crippen LogP contribution >= 0.6 is 0 Å². The van der Waals surface area contributed by atoms with Gasteiger partial charge in [0.1, 0.15) is 0 Å². The number of nitrogens with one attached hydrogen (secondary N) is 1. The Morgan fingerprint density at radius 3 is 2.35 bits per heavy atom. The topological polar surface area (TPSA) is 32.3 Å². The minimum absolute atomic E-state index is 0.0645. The summed E-state index contributed by atoms with van der Waals surface area (Å²) in [6, 6.07) is 9.93. The lowest BCUT2D eigenvalue weighted by Gasteiger charge is -2.36. The van der Waals surface area contributed by atoms with E-state index in [4.69, 9.17) is 0 Å². The van der Waals surface area contributed by atoms with Gasteiger partial charge in [0.05, 0.1) is 6.10 Å². The normalized spacial score (nSPS) is 29.8. The van der Waals surface area contributed by atoms with Crippen molar-refractivity contribution in [3.05, 3.63) is 35.4 Å². The average molecular weight is 231 g/mol. The quantitative estimate of drug-likeness (QED) is 0.834. The third-order valence-corrected chi connectivity index (χ3v) is 4.06. The summed E-state index contributed by atoms with van der Waals surface area (Å²) in [6.07, 6.45) is 4.48. The summed E-state index contributed by atoms with van der Waals surface area (Å²) in [7, 11) is 0. The van der Waals surface area contributed by atoms with E-state index >= 15 is 0 Å². The minimum atomic E-state index is -0.0645. The highest BCUT2D eigenvalue weighted by molar-refractivity contribution is 5.25. The van der Waals surface area contributed by atoms with Crippen molar-refractivity contribution in [2.75, 3.05) is 0 Å². The first-order valence-electron chi connectivity index (χ1n) is 6.73. The molecular formula is C15H21NO. The fourth-order valence-electron chi connectivity index (χ4n) is 2.69. The van der Waals surface area contributed by atoms with Crippen LogP contribution in [0.5, 0.6) is 0 Å². The Labute approximate surface area is 103 Å². The zero-order chi connectivity index (χ0) is 11.8. The highest BCUT2D eigenvalue weighted by Gasteiger charge is 2.36. The first-order chi connectivity index (χ1) is 8.22. The van der Waals surface area contributed by atoms with Crippen LogP contribution in [0.4, 0.5) is 0 Å². The van der Waals surface area contributed by atoms with Crippen molar-refractivity contribution in [2.24, 2.45) is 5.92 Å². The van der Waals surface area contributed by atoms with E-state index in [-0.39, 0.29) is 6.10 Å². The van der Waals surface area contributed by atoms with E-state index in [0.717, 1.165) is 18.8 Å². The fourth-order valence-corrected chi connectivity index (χ4v) is 2.69. The number of hydrogen-bond acceptors (Lipinski definition) is 2. The van der Waals surface area contributed by atoms with Gasteiger partial charge in [0.15, 0.2) is 0 Å². The molecule has 0 bridgehead atoms. The summed E-state index contributed by atoms with van der Waals surface area (Å²) in [6.45, 7) is 2.13. The summed E-state index contributed by atoms with van der Waals surface area (Å²) in [5, 5.41) is 13.1. The first kappa shape index (κ1) is 11.2. The molecule has 17 heavy (non-hydrogen) atoms. The molecule has 92 valence electrons. The maximum Gasteiger partial charge on any atom is 0.0570 e. The van der Waals surface area contributed by atoms with Crippen molar-refractivity contribution in [1.29, 1.82) is 0 Å². The van der Waals surface area contributed by atoms with Crippen molar-refractivity contribution >= 4 is 0 Å². The van der Waals surface area contributed by atoms with Crippen LogP contribution in [0, 0.1) is 12.8 Å². The molecule has 2 fully saturated rings. The Morgan fingerprint density at radius 1 is 1.18 bits per heavy atom. The molecule has 2 aliphatic rings. The highest BCUT2D eigenvalue weighted by atomic mass is 16.3. The molecule has 2 heteroatoms. The molecule has 1 unspecified atom stereocenters. The SMILES string of the molecule is Cc1ccc(C(NC2CC(O)C2)C2CC2)cc1. The standard InChI is InChI=1S/C15H21NO/c1-10-2-4-11(5-3-10)15(12-6-7-12)16-13-8-14(17)9-13/h2-5,12-17H,6-9H2,1H3. The monoisotopic (exact) mass is 231 g/mol. The van der Waals surface area contributed by atoms with E-state index < -0.39 is 0 Å². The molecule has 0 aromatic heterocycles. The molecule has 1 atom stereocenters. The molecule has 2 aliphatic carbocycles. The number of benzene rings is 1. The summed E-state index contributed by atoms with van der Waals surface area (Å²) in [5.41, 5.74) is 2.74. The summed E-state index contributed by atoms with van der Waals surface area (Å²) in [5.74, 6) is 0.815. The predicted octanol–water partition coefficient (Wildman–Crippen LogP) is 2.56. The molecule has 3 rings (SSSR count). The zero-order valence-electron chi connectivity index (χ0n) is 10.4. The molecule has 0 radical (unpaired) electrons. The van der Waals surface area contributed by atoms with Crippen LogP contribution in [0.1, 0.15) is 42.9 Å². The molecule has 2 nitrogen and oxygen atoms in total. The lowest BCUT2D eigenvalue weighted by molar-refractivity contribution is 0.0563. The van der Waals surface area contributed by atoms with Crippen LogP contribution in [-0.4, -0.2) is 17.3 Å².